The zero-order chi connectivity index (χ0) is 10.7. The number of hydrogen-bond acceptors (Lipinski definition) is 4. The number of carbonyl (C=O) groups excluding carboxylic acids is 1. The van der Waals surface area contributed by atoms with E-state index in [0.29, 0.717) is 0 Å². The van der Waals surface area contributed by atoms with Crippen LogP contribution in [0.3, 0.4) is 0 Å². The Hall–Kier alpha value is -0.253. The van der Waals surface area contributed by atoms with Crippen LogP contribution in [0.2, 0.25) is 0 Å². The van der Waals surface area contributed by atoms with Crippen molar-refractivity contribution in [3.05, 3.63) is 4.72 Å². The van der Waals surface area contributed by atoms with Crippen LogP contribution < -0.4 is 18.9 Å². The van der Waals surface area contributed by atoms with Gasteiger partial charge in [0.25, 0.3) is 10.4 Å². The second kappa shape index (κ2) is 5.59. The van der Waals surface area contributed by atoms with Crippen LogP contribution in [0.1, 0.15) is 20.8 Å². The van der Waals surface area contributed by atoms with Crippen LogP contribution in [0.25, 0.3) is 4.72 Å². The molecule has 0 aromatic heterocycles. The number of nitrogens with zero attached hydrogens (tertiary/aromatic N) is 1. The first-order valence-electron chi connectivity index (χ1n) is 3.44. The maximum absolute atomic E-state index is 11.8. The van der Waals surface area contributed by atoms with Crippen LogP contribution >= 0.6 is 0 Å². The second-order valence-electron chi connectivity index (χ2n) is 3.62. The van der Waals surface area contributed by atoms with Crippen molar-refractivity contribution in [2.45, 2.75) is 20.8 Å². The fraction of sp³-hybridized carbons (Fsp3) is 0.833. The standard InChI is InChI=1S/C6H12FNO4S.Li/c1-6(2,3)4-12-5(9)8-13(7,10)11;/h4H2,1-3H3,(H,8,9);/q;+1/p-1. The van der Waals surface area contributed by atoms with Crippen molar-refractivity contribution in [3.63, 3.8) is 0 Å². The molecule has 0 aliphatic rings. The molecule has 5 nitrogen and oxygen atoms in total. The van der Waals surface area contributed by atoms with Crippen molar-refractivity contribution in [1.82, 2.24) is 0 Å². The van der Waals surface area contributed by atoms with Gasteiger partial charge in [0.15, 0.2) is 0 Å². The molecule has 0 aliphatic heterocycles. The van der Waals surface area contributed by atoms with Gasteiger partial charge in [-0.3, -0.25) is 4.79 Å². The first-order chi connectivity index (χ1) is 5.60. The molecule has 0 saturated heterocycles. The number of ether oxygens (including phenoxy) is 1. The normalized spacial score (nSPS) is 11.4. The van der Waals surface area contributed by atoms with E-state index in [1.165, 1.54) is 0 Å². The fourth-order valence-corrected chi connectivity index (χ4v) is 0.624. The molecule has 0 aromatic carbocycles. The molecule has 0 atom stereocenters. The van der Waals surface area contributed by atoms with Crippen LogP contribution in [0, 0.1) is 5.41 Å². The van der Waals surface area contributed by atoms with E-state index in [2.05, 4.69) is 9.46 Å². The Morgan fingerprint density at radius 3 is 2.14 bits per heavy atom. The zero-order valence-electron chi connectivity index (χ0n) is 8.57. The van der Waals surface area contributed by atoms with Gasteiger partial charge in [0, 0.05) is 0 Å². The summed E-state index contributed by atoms with van der Waals surface area (Å²) in [6.45, 7) is 5.28. The molecular weight excluding hydrogens is 208 g/mol. The smallest absolute Gasteiger partial charge is 0.483 e. The Kier molecular flexibility index (Phi) is 6.46. The Morgan fingerprint density at radius 1 is 1.43 bits per heavy atom. The number of amides is 1. The first-order valence-corrected chi connectivity index (χ1v) is 4.78. The van der Waals surface area contributed by atoms with E-state index in [9.17, 15) is 17.1 Å². The molecule has 0 aromatic rings. The molecule has 0 N–H and O–H groups in total. The molecule has 0 heterocycles. The van der Waals surface area contributed by atoms with Crippen molar-refractivity contribution < 1.29 is 40.7 Å². The molecule has 1 amide bonds. The fourth-order valence-electron chi connectivity index (χ4n) is 0.394. The molecule has 14 heavy (non-hydrogen) atoms. The quantitative estimate of drug-likeness (QED) is 0.430. The van der Waals surface area contributed by atoms with Crippen molar-refractivity contribution in [1.29, 1.82) is 0 Å². The van der Waals surface area contributed by atoms with E-state index < -0.39 is 16.5 Å². The van der Waals surface area contributed by atoms with Gasteiger partial charge in [-0.1, -0.05) is 20.8 Å². The average Bonchev–Trinajstić information content (AvgIpc) is 1.78. The van der Waals surface area contributed by atoms with E-state index in [1.54, 1.807) is 20.8 Å². The minimum absolute atomic E-state index is 0. The minimum atomic E-state index is -5.14. The molecule has 0 fully saturated rings. The van der Waals surface area contributed by atoms with Crippen LogP contribution in [0.15, 0.2) is 0 Å². The summed E-state index contributed by atoms with van der Waals surface area (Å²) < 4.78 is 37.9. The molecule has 78 valence electrons. The molecule has 0 unspecified atom stereocenters. The molecule has 0 spiro atoms. The number of carbonyl (C=O) groups is 1. The largest absolute Gasteiger partial charge is 1.00 e. The predicted octanol–water partition coefficient (Wildman–Crippen LogP) is -1.24. The Bertz CT molecular complexity index is 285. The summed E-state index contributed by atoms with van der Waals surface area (Å²) in [4.78, 5) is 10.5. The van der Waals surface area contributed by atoms with Gasteiger partial charge >= 0.3 is 18.9 Å². The van der Waals surface area contributed by atoms with E-state index in [1.807, 2.05) is 0 Å². The summed E-state index contributed by atoms with van der Waals surface area (Å²) >= 11 is 0. The molecule has 0 bridgehead atoms. The summed E-state index contributed by atoms with van der Waals surface area (Å²) in [6.07, 6.45) is -1.43. The monoisotopic (exact) mass is 219 g/mol. The summed E-state index contributed by atoms with van der Waals surface area (Å²) in [7, 11) is -5.14. The second-order valence-corrected chi connectivity index (χ2v) is 4.63. The van der Waals surface area contributed by atoms with Gasteiger partial charge in [-0.25, -0.2) is 8.42 Å². The van der Waals surface area contributed by atoms with Crippen LogP contribution in [0.5, 0.6) is 0 Å². The van der Waals surface area contributed by atoms with E-state index >= 15 is 0 Å². The van der Waals surface area contributed by atoms with Gasteiger partial charge in [0.2, 0.25) is 6.09 Å². The molecule has 0 aliphatic carbocycles. The molecule has 0 saturated carbocycles. The SMILES string of the molecule is CC(C)(C)COC(=O)[N-]S(=O)(=O)F.[Li+]. The zero-order valence-corrected chi connectivity index (χ0v) is 9.39. The maximum atomic E-state index is 11.8. The Labute approximate surface area is 94.9 Å². The van der Waals surface area contributed by atoms with Gasteiger partial charge in [-0.15, -0.1) is 3.89 Å². The van der Waals surface area contributed by atoms with Gasteiger partial charge in [0.05, 0.1) is 6.61 Å². The van der Waals surface area contributed by atoms with Crippen molar-refractivity contribution in [3.8, 4) is 0 Å². The number of hydrogen-bond donors (Lipinski definition) is 0. The minimum Gasteiger partial charge on any atom is -0.483 e. The number of rotatable bonds is 2. The molecule has 0 rings (SSSR count). The molecule has 8 heteroatoms. The molecule has 0 radical (unpaired) electrons. The van der Waals surface area contributed by atoms with Crippen LogP contribution in [-0.4, -0.2) is 21.1 Å². The topological polar surface area (TPSA) is 74.5 Å². The third-order valence-electron chi connectivity index (χ3n) is 0.812. The predicted molar refractivity (Wildman–Crippen MR) is 44.2 cm³/mol. The van der Waals surface area contributed by atoms with E-state index in [0.717, 1.165) is 0 Å². The summed E-state index contributed by atoms with van der Waals surface area (Å²) in [5, 5.41) is 0. The first kappa shape index (κ1) is 16.2. The van der Waals surface area contributed by atoms with Gasteiger partial charge < -0.3 is 9.46 Å². The Morgan fingerprint density at radius 2 is 1.86 bits per heavy atom. The van der Waals surface area contributed by atoms with Crippen LogP contribution in [0.4, 0.5) is 8.68 Å². The summed E-state index contributed by atoms with van der Waals surface area (Å²) in [5.41, 5.74) is -0.314. The molecular formula is C6H11FLiNO4S. The summed E-state index contributed by atoms with van der Waals surface area (Å²) in [5.74, 6) is 0. The van der Waals surface area contributed by atoms with Crippen molar-refractivity contribution in [2.24, 2.45) is 5.41 Å². The third-order valence-corrected chi connectivity index (χ3v) is 1.18. The number of halogens is 1. The van der Waals surface area contributed by atoms with E-state index in [4.69, 9.17) is 0 Å². The third kappa shape index (κ3) is 11.7. The van der Waals surface area contributed by atoms with Crippen molar-refractivity contribution in [2.75, 3.05) is 6.61 Å². The van der Waals surface area contributed by atoms with Gasteiger partial charge in [-0.2, -0.15) is 0 Å². The summed E-state index contributed by atoms with van der Waals surface area (Å²) in [6, 6.07) is 0. The Balaban J connectivity index is 0. The van der Waals surface area contributed by atoms with Crippen molar-refractivity contribution >= 4 is 16.5 Å². The van der Waals surface area contributed by atoms with E-state index in [-0.39, 0.29) is 30.9 Å². The maximum Gasteiger partial charge on any atom is 1.00 e. The average molecular weight is 219 g/mol. The van der Waals surface area contributed by atoms with Crippen LogP contribution in [-0.2, 0) is 15.1 Å². The van der Waals surface area contributed by atoms with Gasteiger partial charge in [0.1, 0.15) is 0 Å². The van der Waals surface area contributed by atoms with Gasteiger partial charge in [-0.05, 0) is 5.41 Å².